The van der Waals surface area contributed by atoms with Gasteiger partial charge in [-0.25, -0.2) is 0 Å². The van der Waals surface area contributed by atoms with Gasteiger partial charge in [-0.1, -0.05) is 96.8 Å². The molecule has 264 valence electrons. The van der Waals surface area contributed by atoms with Gasteiger partial charge in [0.2, 0.25) is 0 Å². The number of aliphatic hydroxyl groups is 7. The summed E-state index contributed by atoms with van der Waals surface area (Å²) in [5.41, 5.74) is -2.60. The van der Waals surface area contributed by atoms with Crippen molar-refractivity contribution >= 4 is 11.9 Å². The number of hydrogen-bond donors (Lipinski definition) is 7. The second-order valence-electron chi connectivity index (χ2n) is 12.5. The van der Waals surface area contributed by atoms with Gasteiger partial charge >= 0.3 is 11.9 Å². The first-order valence-electron chi connectivity index (χ1n) is 16.8. The molecule has 2 aliphatic rings. The van der Waals surface area contributed by atoms with Crippen LogP contribution in [-0.4, -0.2) is 122 Å². The van der Waals surface area contributed by atoms with Crippen LogP contribution >= 0.6 is 0 Å². The van der Waals surface area contributed by atoms with Crippen LogP contribution in [0.15, 0.2) is 0 Å². The highest BCUT2D eigenvalue weighted by atomic mass is 16.8. The summed E-state index contributed by atoms with van der Waals surface area (Å²) in [7, 11) is 0. The first-order chi connectivity index (χ1) is 21.5. The minimum atomic E-state index is -2.84. The number of rotatable bonds is 22. The summed E-state index contributed by atoms with van der Waals surface area (Å²) in [5.74, 6) is -4.76. The van der Waals surface area contributed by atoms with Crippen LogP contribution in [0.3, 0.4) is 0 Å². The van der Waals surface area contributed by atoms with Gasteiger partial charge in [-0.15, -0.1) is 0 Å². The molecule has 9 atom stereocenters. The zero-order chi connectivity index (χ0) is 33.5. The molecule has 45 heavy (non-hydrogen) atoms. The first-order valence-corrected chi connectivity index (χ1v) is 16.8. The van der Waals surface area contributed by atoms with Crippen molar-refractivity contribution in [3.8, 4) is 0 Å². The largest absolute Gasteiger partial charge is 0.452 e. The molecule has 7 N–H and O–H groups in total. The Hall–Kier alpha value is -1.42. The normalized spacial score (nSPS) is 33.3. The number of esters is 2. The Balaban J connectivity index is 1.96. The van der Waals surface area contributed by atoms with E-state index in [2.05, 4.69) is 6.92 Å². The summed E-state index contributed by atoms with van der Waals surface area (Å²) in [6.07, 6.45) is 4.10. The fraction of sp³-hybridized carbons (Fsp3) is 0.938. The lowest BCUT2D eigenvalue weighted by molar-refractivity contribution is -0.414. The van der Waals surface area contributed by atoms with Crippen molar-refractivity contribution in [3.05, 3.63) is 0 Å². The predicted molar refractivity (Wildman–Crippen MR) is 162 cm³/mol. The minimum Gasteiger partial charge on any atom is -0.452 e. The molecule has 0 unspecified atom stereocenters. The average Bonchev–Trinajstić information content (AvgIpc) is 3.28. The number of aliphatic hydroxyl groups excluding tert-OH is 7. The molecule has 0 aromatic rings. The second-order valence-corrected chi connectivity index (χ2v) is 12.5. The molecule has 2 saturated heterocycles. The van der Waals surface area contributed by atoms with E-state index < -0.39 is 85.9 Å². The predicted octanol–water partition coefficient (Wildman–Crippen LogP) is 1.38. The van der Waals surface area contributed by atoms with E-state index in [1.54, 1.807) is 0 Å². The van der Waals surface area contributed by atoms with Gasteiger partial charge in [-0.05, 0) is 6.42 Å². The molecule has 13 nitrogen and oxygen atoms in total. The lowest BCUT2D eigenvalue weighted by atomic mass is 9.77. The first kappa shape index (κ1) is 39.8. The van der Waals surface area contributed by atoms with Gasteiger partial charge in [0, 0.05) is 13.3 Å². The van der Waals surface area contributed by atoms with Crippen LogP contribution in [0.25, 0.3) is 0 Å². The molecule has 0 aromatic heterocycles. The van der Waals surface area contributed by atoms with Crippen molar-refractivity contribution in [2.75, 3.05) is 19.8 Å². The average molecular weight is 651 g/mol. The maximum Gasteiger partial charge on any atom is 0.306 e. The quantitative estimate of drug-likeness (QED) is 0.0653. The third-order valence-electron chi connectivity index (χ3n) is 9.01. The van der Waals surface area contributed by atoms with E-state index in [0.29, 0.717) is 6.42 Å². The standard InChI is InChI=1S/C32H58O13/c1-3-4-5-6-7-8-9-10-11-12-13-14-15-16-17-18-25(37)42-30-28(40)26(38)23(19-33)45-32(30,43-22(2)36)31(21-35)29(41)27(39)24(20-34)44-31/h23-24,26-30,33-35,38-41H,3-21H2,1-2H3/t23-,24-,26-,27-,28+,29+,30-,31+,32-/m1/s1. The van der Waals surface area contributed by atoms with Crippen LogP contribution < -0.4 is 0 Å². The van der Waals surface area contributed by atoms with Gasteiger partial charge in [-0.3, -0.25) is 9.59 Å². The Labute approximate surface area is 266 Å². The van der Waals surface area contributed by atoms with E-state index in [1.807, 2.05) is 0 Å². The number of hydrogen-bond acceptors (Lipinski definition) is 13. The van der Waals surface area contributed by atoms with Crippen molar-refractivity contribution in [1.29, 1.82) is 0 Å². The summed E-state index contributed by atoms with van der Waals surface area (Å²) in [6, 6.07) is 0. The molecule has 0 aromatic carbocycles. The van der Waals surface area contributed by atoms with E-state index in [1.165, 1.54) is 64.2 Å². The van der Waals surface area contributed by atoms with Crippen molar-refractivity contribution in [2.24, 2.45) is 0 Å². The topological polar surface area (TPSA) is 213 Å². The third kappa shape index (κ3) is 10.3. The molecule has 2 aliphatic heterocycles. The molecule has 0 radical (unpaired) electrons. The lowest BCUT2D eigenvalue weighted by Gasteiger charge is -2.55. The summed E-state index contributed by atoms with van der Waals surface area (Å²) < 4.78 is 22.3. The Morgan fingerprint density at radius 1 is 0.667 bits per heavy atom. The van der Waals surface area contributed by atoms with Crippen molar-refractivity contribution < 1.29 is 64.3 Å². The molecule has 0 spiro atoms. The van der Waals surface area contributed by atoms with Gasteiger partial charge in [0.15, 0.2) is 11.7 Å². The van der Waals surface area contributed by atoms with Gasteiger partial charge in [-0.2, -0.15) is 0 Å². The van der Waals surface area contributed by atoms with Crippen LogP contribution in [0, 0.1) is 0 Å². The maximum absolute atomic E-state index is 13.0. The van der Waals surface area contributed by atoms with E-state index in [-0.39, 0.29) is 6.42 Å². The fourth-order valence-corrected chi connectivity index (χ4v) is 6.41. The number of ether oxygens (including phenoxy) is 4. The molecule has 13 heteroatoms. The van der Waals surface area contributed by atoms with Crippen LogP contribution in [0.4, 0.5) is 0 Å². The monoisotopic (exact) mass is 650 g/mol. The van der Waals surface area contributed by atoms with E-state index >= 15 is 0 Å². The zero-order valence-corrected chi connectivity index (χ0v) is 27.1. The number of unbranched alkanes of at least 4 members (excludes halogenated alkanes) is 14. The van der Waals surface area contributed by atoms with Gasteiger partial charge in [0.25, 0.3) is 5.79 Å². The maximum atomic E-state index is 13.0. The molecular weight excluding hydrogens is 592 g/mol. The molecule has 0 bridgehead atoms. The third-order valence-corrected chi connectivity index (χ3v) is 9.01. The summed E-state index contributed by atoms with van der Waals surface area (Å²) in [5, 5.41) is 73.1. The Morgan fingerprint density at radius 3 is 1.56 bits per heavy atom. The number of carbonyl (C=O) groups is 2. The van der Waals surface area contributed by atoms with Crippen molar-refractivity contribution in [3.63, 3.8) is 0 Å². The zero-order valence-electron chi connectivity index (χ0n) is 27.1. The molecule has 0 aliphatic carbocycles. The highest BCUT2D eigenvalue weighted by Gasteiger charge is 2.75. The van der Waals surface area contributed by atoms with E-state index in [4.69, 9.17) is 18.9 Å². The lowest BCUT2D eigenvalue weighted by Crippen LogP contribution is -2.79. The molecule has 2 heterocycles. The highest BCUT2D eigenvalue weighted by Crippen LogP contribution is 2.49. The van der Waals surface area contributed by atoms with Crippen molar-refractivity contribution in [2.45, 2.75) is 171 Å². The van der Waals surface area contributed by atoms with Gasteiger partial charge in [0.1, 0.15) is 36.6 Å². The molecule has 0 amide bonds. The molecule has 0 saturated carbocycles. The second kappa shape index (κ2) is 20.1. The van der Waals surface area contributed by atoms with Crippen molar-refractivity contribution in [1.82, 2.24) is 0 Å². The van der Waals surface area contributed by atoms with Crippen LogP contribution in [0.1, 0.15) is 117 Å². The summed E-state index contributed by atoms with van der Waals surface area (Å²) in [6.45, 7) is 0.226. The SMILES string of the molecule is CCCCCCCCCCCCCCCCCC(=O)O[C@@H]1[C@@H](O)[C@H](O)[C@@H](CO)O[C@@]1(OC(C)=O)[C@@]1(CO)O[C@H](CO)[C@@H](O)[C@@H]1O. The highest BCUT2D eigenvalue weighted by molar-refractivity contribution is 5.70. The Bertz CT molecular complexity index is 859. The van der Waals surface area contributed by atoms with Crippen LogP contribution in [-0.2, 0) is 28.5 Å². The Morgan fingerprint density at radius 2 is 1.13 bits per heavy atom. The smallest absolute Gasteiger partial charge is 0.306 e. The van der Waals surface area contributed by atoms with Crippen LogP contribution in [0.2, 0.25) is 0 Å². The molecular formula is C32H58O13. The van der Waals surface area contributed by atoms with Gasteiger partial charge in [0.05, 0.1) is 19.8 Å². The Kier molecular flexibility index (Phi) is 17.7. The molecule has 2 rings (SSSR count). The number of carbonyl (C=O) groups excluding carboxylic acids is 2. The summed E-state index contributed by atoms with van der Waals surface area (Å²) >= 11 is 0. The fourth-order valence-electron chi connectivity index (χ4n) is 6.41. The van der Waals surface area contributed by atoms with Gasteiger partial charge < -0.3 is 54.7 Å². The van der Waals surface area contributed by atoms with E-state index in [0.717, 1.165) is 32.6 Å². The molecule has 2 fully saturated rings. The van der Waals surface area contributed by atoms with E-state index in [9.17, 15) is 45.3 Å². The van der Waals surface area contributed by atoms with Crippen LogP contribution in [0.5, 0.6) is 0 Å². The minimum absolute atomic E-state index is 0.0887. The summed E-state index contributed by atoms with van der Waals surface area (Å²) in [4.78, 5) is 25.3.